The van der Waals surface area contributed by atoms with E-state index in [2.05, 4.69) is 28.1 Å². The zero-order valence-corrected chi connectivity index (χ0v) is 15.9. The van der Waals surface area contributed by atoms with Crippen LogP contribution in [0.25, 0.3) is 0 Å². The van der Waals surface area contributed by atoms with Crippen molar-refractivity contribution in [2.45, 2.75) is 32.2 Å². The van der Waals surface area contributed by atoms with E-state index in [0.29, 0.717) is 25.4 Å². The number of benzene rings is 1. The van der Waals surface area contributed by atoms with Crippen molar-refractivity contribution in [3.05, 3.63) is 35.4 Å². The molecule has 1 aromatic rings. The topological polar surface area (TPSA) is 73.5 Å². The Hall–Kier alpha value is -1.79. The van der Waals surface area contributed by atoms with Gasteiger partial charge in [0, 0.05) is 32.6 Å². The molecule has 0 radical (unpaired) electrons. The van der Waals surface area contributed by atoms with E-state index in [1.165, 1.54) is 17.5 Å². The van der Waals surface area contributed by atoms with Crippen molar-refractivity contribution in [3.8, 4) is 0 Å². The Morgan fingerprint density at radius 1 is 1.15 bits per heavy atom. The average Bonchev–Trinajstić information content (AvgIpc) is 3.14. The lowest BCUT2D eigenvalue weighted by Crippen LogP contribution is -2.43. The molecule has 0 spiro atoms. The van der Waals surface area contributed by atoms with Gasteiger partial charge in [0.05, 0.1) is 0 Å². The predicted molar refractivity (Wildman–Crippen MR) is 104 cm³/mol. The molecule has 2 aliphatic rings. The zero-order chi connectivity index (χ0) is 17.5. The van der Waals surface area contributed by atoms with Gasteiger partial charge in [0.1, 0.15) is 0 Å². The van der Waals surface area contributed by atoms with Crippen molar-refractivity contribution < 1.29 is 9.59 Å². The van der Waals surface area contributed by atoms with E-state index in [1.807, 2.05) is 17.0 Å². The average molecular weight is 381 g/mol. The molecule has 3 N–H and O–H groups in total. The first-order chi connectivity index (χ1) is 12.2. The monoisotopic (exact) mass is 380 g/mol. The number of hydrogen-bond donors (Lipinski definition) is 3. The Morgan fingerprint density at radius 2 is 1.96 bits per heavy atom. The number of amides is 3. The van der Waals surface area contributed by atoms with Gasteiger partial charge in [0.15, 0.2) is 0 Å². The molecule has 26 heavy (non-hydrogen) atoms. The summed E-state index contributed by atoms with van der Waals surface area (Å²) < 4.78 is 0. The van der Waals surface area contributed by atoms with Gasteiger partial charge in [-0.3, -0.25) is 4.79 Å². The van der Waals surface area contributed by atoms with E-state index in [9.17, 15) is 9.59 Å². The summed E-state index contributed by atoms with van der Waals surface area (Å²) in [5, 5.41) is 9.14. The molecule has 1 fully saturated rings. The maximum absolute atomic E-state index is 12.3. The molecule has 1 unspecified atom stereocenters. The maximum Gasteiger partial charge on any atom is 0.317 e. The van der Waals surface area contributed by atoms with Gasteiger partial charge in [0.25, 0.3) is 0 Å². The molecule has 144 valence electrons. The minimum absolute atomic E-state index is 0. The summed E-state index contributed by atoms with van der Waals surface area (Å²) in [6, 6.07) is 8.15. The zero-order valence-electron chi connectivity index (χ0n) is 15.1. The fourth-order valence-corrected chi connectivity index (χ4v) is 3.53. The number of carbonyl (C=O) groups excluding carboxylic acids is 2. The summed E-state index contributed by atoms with van der Waals surface area (Å²) in [5.74, 6) is 0.692. The molecule has 1 aromatic carbocycles. The van der Waals surface area contributed by atoms with Crippen molar-refractivity contribution in [2.75, 3.05) is 32.7 Å². The largest absolute Gasteiger partial charge is 0.356 e. The number of nitrogens with one attached hydrogen (secondary N) is 3. The van der Waals surface area contributed by atoms with Crippen molar-refractivity contribution in [3.63, 3.8) is 0 Å². The quantitative estimate of drug-likeness (QED) is 0.703. The van der Waals surface area contributed by atoms with Crippen molar-refractivity contribution in [2.24, 2.45) is 5.92 Å². The molecule has 7 heteroatoms. The van der Waals surface area contributed by atoms with Crippen molar-refractivity contribution in [1.29, 1.82) is 0 Å². The summed E-state index contributed by atoms with van der Waals surface area (Å²) in [4.78, 5) is 25.9. The molecular weight excluding hydrogens is 352 g/mol. The number of halogens is 1. The summed E-state index contributed by atoms with van der Waals surface area (Å²) in [7, 11) is 0. The van der Waals surface area contributed by atoms with Crippen LogP contribution in [-0.2, 0) is 17.8 Å². The predicted octanol–water partition coefficient (Wildman–Crippen LogP) is 1.68. The Labute approximate surface area is 161 Å². The summed E-state index contributed by atoms with van der Waals surface area (Å²) in [6.45, 7) is 4.63. The van der Waals surface area contributed by atoms with Crippen molar-refractivity contribution in [1.82, 2.24) is 20.9 Å². The van der Waals surface area contributed by atoms with Gasteiger partial charge in [-0.2, -0.15) is 0 Å². The lowest BCUT2D eigenvalue weighted by molar-refractivity contribution is -0.120. The molecule has 2 aliphatic heterocycles. The van der Waals surface area contributed by atoms with E-state index >= 15 is 0 Å². The number of rotatable bonds is 6. The van der Waals surface area contributed by atoms with E-state index in [1.54, 1.807) is 0 Å². The second kappa shape index (κ2) is 10.4. The van der Waals surface area contributed by atoms with E-state index < -0.39 is 0 Å². The van der Waals surface area contributed by atoms with Crippen LogP contribution in [0.3, 0.4) is 0 Å². The number of urea groups is 1. The highest BCUT2D eigenvalue weighted by Crippen LogP contribution is 2.18. The smallest absolute Gasteiger partial charge is 0.317 e. The second-order valence-electron chi connectivity index (χ2n) is 6.92. The lowest BCUT2D eigenvalue weighted by atomic mass is 10.0. The normalized spacial score (nSPS) is 18.6. The van der Waals surface area contributed by atoms with Crippen LogP contribution in [0, 0.1) is 5.92 Å². The SMILES string of the molecule is Cl.O=C(CCNC(=O)N1CCc2ccccc2C1)NCCC1CCNC1. The van der Waals surface area contributed by atoms with Gasteiger partial charge in [-0.05, 0) is 49.4 Å². The van der Waals surface area contributed by atoms with E-state index in [-0.39, 0.29) is 24.3 Å². The molecule has 3 rings (SSSR count). The molecule has 6 nitrogen and oxygen atoms in total. The van der Waals surface area contributed by atoms with Crippen LogP contribution < -0.4 is 16.0 Å². The first kappa shape index (κ1) is 20.5. The number of carbonyl (C=O) groups is 2. The van der Waals surface area contributed by atoms with Gasteiger partial charge in [-0.25, -0.2) is 4.79 Å². The number of nitrogens with zero attached hydrogens (tertiary/aromatic N) is 1. The minimum Gasteiger partial charge on any atom is -0.356 e. The fraction of sp³-hybridized carbons (Fsp3) is 0.579. The molecule has 0 aliphatic carbocycles. The Kier molecular flexibility index (Phi) is 8.19. The minimum atomic E-state index is -0.0840. The van der Waals surface area contributed by atoms with Crippen molar-refractivity contribution >= 4 is 24.3 Å². The van der Waals surface area contributed by atoms with Gasteiger partial charge in [-0.1, -0.05) is 24.3 Å². The fourth-order valence-electron chi connectivity index (χ4n) is 3.53. The standard InChI is InChI=1S/C19H28N4O2.ClH/c24-18(21-10-6-15-5-9-20-13-15)7-11-22-19(25)23-12-8-16-3-1-2-4-17(16)14-23;/h1-4,15,20H,5-14H2,(H,21,24)(H,22,25);1H. The van der Waals surface area contributed by atoms with Crippen LogP contribution in [-0.4, -0.2) is 49.6 Å². The third-order valence-electron chi connectivity index (χ3n) is 5.08. The molecular formula is C19H29ClN4O2. The highest BCUT2D eigenvalue weighted by molar-refractivity contribution is 5.85. The second-order valence-corrected chi connectivity index (χ2v) is 6.92. The van der Waals surface area contributed by atoms with Gasteiger partial charge >= 0.3 is 6.03 Å². The van der Waals surface area contributed by atoms with Crippen LogP contribution in [0.1, 0.15) is 30.4 Å². The molecule has 1 saturated heterocycles. The highest BCUT2D eigenvalue weighted by atomic mass is 35.5. The molecule has 2 heterocycles. The first-order valence-electron chi connectivity index (χ1n) is 9.29. The van der Waals surface area contributed by atoms with Gasteiger partial charge in [-0.15, -0.1) is 12.4 Å². The van der Waals surface area contributed by atoms with E-state index in [4.69, 9.17) is 0 Å². The Bertz CT molecular complexity index is 605. The van der Waals surface area contributed by atoms with Crippen LogP contribution in [0.2, 0.25) is 0 Å². The lowest BCUT2D eigenvalue weighted by Gasteiger charge is -2.28. The first-order valence-corrected chi connectivity index (χ1v) is 9.29. The maximum atomic E-state index is 12.3. The van der Waals surface area contributed by atoms with Gasteiger partial charge < -0.3 is 20.9 Å². The van der Waals surface area contributed by atoms with Crippen LogP contribution in [0.5, 0.6) is 0 Å². The van der Waals surface area contributed by atoms with Crippen LogP contribution in [0.15, 0.2) is 24.3 Å². The Morgan fingerprint density at radius 3 is 2.73 bits per heavy atom. The highest BCUT2D eigenvalue weighted by Gasteiger charge is 2.20. The third-order valence-corrected chi connectivity index (χ3v) is 5.08. The third kappa shape index (κ3) is 5.88. The summed E-state index contributed by atoms with van der Waals surface area (Å²) >= 11 is 0. The van der Waals surface area contributed by atoms with Crippen LogP contribution >= 0.6 is 12.4 Å². The number of fused-ring (bicyclic) bond motifs is 1. The summed E-state index contributed by atoms with van der Waals surface area (Å²) in [6.07, 6.45) is 3.45. The molecule has 0 bridgehead atoms. The molecule has 0 aromatic heterocycles. The Balaban J connectivity index is 0.00000243. The van der Waals surface area contributed by atoms with Gasteiger partial charge in [0.2, 0.25) is 5.91 Å². The number of hydrogen-bond acceptors (Lipinski definition) is 3. The molecule has 0 saturated carbocycles. The molecule has 1 atom stereocenters. The van der Waals surface area contributed by atoms with E-state index in [0.717, 1.165) is 39.0 Å². The summed E-state index contributed by atoms with van der Waals surface area (Å²) in [5.41, 5.74) is 2.53. The molecule has 3 amide bonds. The van der Waals surface area contributed by atoms with Crippen LogP contribution in [0.4, 0.5) is 4.79 Å².